The summed E-state index contributed by atoms with van der Waals surface area (Å²) >= 11 is 1.48. The van der Waals surface area contributed by atoms with Gasteiger partial charge in [-0.1, -0.05) is 81.4 Å². The van der Waals surface area contributed by atoms with Gasteiger partial charge in [-0.05, 0) is 23.8 Å². The van der Waals surface area contributed by atoms with Gasteiger partial charge in [0.2, 0.25) is 0 Å². The zero-order valence-electron chi connectivity index (χ0n) is 19.3. The van der Waals surface area contributed by atoms with Gasteiger partial charge >= 0.3 is 6.03 Å². The normalized spacial score (nSPS) is 18.3. The number of hydrogen-bond donors (Lipinski definition) is 2. The van der Waals surface area contributed by atoms with E-state index in [9.17, 15) is 9.59 Å². The maximum atomic E-state index is 13.7. The highest BCUT2D eigenvalue weighted by Gasteiger charge is 2.56. The van der Waals surface area contributed by atoms with E-state index in [1.54, 1.807) is 0 Å². The third-order valence-electron chi connectivity index (χ3n) is 6.44. The van der Waals surface area contributed by atoms with Crippen molar-refractivity contribution in [3.63, 3.8) is 0 Å². The Morgan fingerprint density at radius 1 is 1.09 bits per heavy atom. The van der Waals surface area contributed by atoms with E-state index in [2.05, 4.69) is 17.4 Å². The summed E-state index contributed by atoms with van der Waals surface area (Å²) in [6.45, 7) is 6.41. The molecule has 0 aliphatic carbocycles. The first-order valence-electron chi connectivity index (χ1n) is 11.2. The first-order valence-corrected chi connectivity index (χ1v) is 12.0. The molecule has 2 aromatic carbocycles. The van der Waals surface area contributed by atoms with Crippen LogP contribution in [0.4, 0.5) is 9.93 Å². The van der Waals surface area contributed by atoms with Gasteiger partial charge in [-0.25, -0.2) is 9.78 Å². The van der Waals surface area contributed by atoms with Crippen LogP contribution in [-0.4, -0.2) is 33.9 Å². The average molecular weight is 463 g/mol. The van der Waals surface area contributed by atoms with Gasteiger partial charge in [-0.15, -0.1) is 11.3 Å². The molecule has 1 aromatic heterocycles. The van der Waals surface area contributed by atoms with Crippen LogP contribution < -0.4 is 11.1 Å². The summed E-state index contributed by atoms with van der Waals surface area (Å²) in [5, 5.41) is 3.58. The van der Waals surface area contributed by atoms with Gasteiger partial charge in [0.25, 0.3) is 5.91 Å². The topological polar surface area (TPSA) is 88.3 Å². The number of anilines is 1. The fraction of sp³-hybridized carbons (Fsp3) is 0.346. The van der Waals surface area contributed by atoms with Crippen molar-refractivity contribution < 1.29 is 9.59 Å². The highest BCUT2D eigenvalue weighted by molar-refractivity contribution is 7.16. The molecule has 172 valence electrons. The van der Waals surface area contributed by atoms with Crippen LogP contribution in [0, 0.1) is 5.41 Å². The third-order valence-corrected chi connectivity index (χ3v) is 7.41. The Hall–Kier alpha value is -3.19. The van der Waals surface area contributed by atoms with Crippen LogP contribution in [0.3, 0.4) is 0 Å². The molecule has 7 heteroatoms. The molecule has 6 nitrogen and oxygen atoms in total. The predicted octanol–water partition coefficient (Wildman–Crippen LogP) is 5.30. The maximum absolute atomic E-state index is 13.7. The number of carbonyl (C=O) groups excluding carboxylic acids is 2. The molecule has 3 aromatic rings. The van der Waals surface area contributed by atoms with Gasteiger partial charge < -0.3 is 10.6 Å². The third kappa shape index (κ3) is 4.37. The lowest BCUT2D eigenvalue weighted by molar-refractivity contribution is -0.131. The highest BCUT2D eigenvalue weighted by Crippen LogP contribution is 2.45. The molecule has 2 heterocycles. The molecule has 1 aliphatic heterocycles. The summed E-state index contributed by atoms with van der Waals surface area (Å²) in [5.41, 5.74) is 7.22. The molecule has 3 N–H and O–H groups in total. The summed E-state index contributed by atoms with van der Waals surface area (Å²) < 4.78 is 0. The lowest BCUT2D eigenvalue weighted by Crippen LogP contribution is -2.63. The zero-order chi connectivity index (χ0) is 23.6. The predicted molar refractivity (Wildman–Crippen MR) is 133 cm³/mol. The number of benzene rings is 2. The van der Waals surface area contributed by atoms with E-state index < -0.39 is 17.0 Å². The number of thiazole rings is 1. The van der Waals surface area contributed by atoms with Gasteiger partial charge in [0.15, 0.2) is 5.13 Å². The molecule has 1 aliphatic rings. The lowest BCUT2D eigenvalue weighted by atomic mass is 9.71. The Morgan fingerprint density at radius 3 is 2.33 bits per heavy atom. The first kappa shape index (κ1) is 23.0. The Balaban J connectivity index is 1.70. The smallest absolute Gasteiger partial charge is 0.315 e. The number of primary amides is 1. The lowest BCUT2D eigenvalue weighted by Gasteiger charge is -2.45. The fourth-order valence-electron chi connectivity index (χ4n) is 4.80. The molecule has 1 fully saturated rings. The van der Waals surface area contributed by atoms with E-state index in [1.807, 2.05) is 69.3 Å². The molecule has 1 atom stereocenters. The molecule has 0 bridgehead atoms. The second-order valence-corrected chi connectivity index (χ2v) is 10.6. The minimum Gasteiger partial charge on any atom is -0.351 e. The number of hydrogen-bond acceptors (Lipinski definition) is 4. The number of likely N-dealkylation sites (tertiary alicyclic amines) is 1. The second-order valence-electron chi connectivity index (χ2n) is 9.48. The molecule has 1 saturated heterocycles. The Kier molecular flexibility index (Phi) is 6.26. The van der Waals surface area contributed by atoms with Gasteiger partial charge in [-0.3, -0.25) is 10.1 Å². The van der Waals surface area contributed by atoms with Crippen LogP contribution in [0.2, 0.25) is 0 Å². The van der Waals surface area contributed by atoms with Crippen LogP contribution in [0.25, 0.3) is 11.3 Å². The number of carbonyl (C=O) groups is 2. The molecule has 0 spiro atoms. The maximum Gasteiger partial charge on any atom is 0.315 e. The molecule has 33 heavy (non-hydrogen) atoms. The van der Waals surface area contributed by atoms with Crippen molar-refractivity contribution in [2.75, 3.05) is 11.9 Å². The van der Waals surface area contributed by atoms with Crippen molar-refractivity contribution in [1.82, 2.24) is 9.88 Å². The molecular weight excluding hydrogens is 432 g/mol. The van der Waals surface area contributed by atoms with Gasteiger partial charge in [0.1, 0.15) is 5.54 Å². The van der Waals surface area contributed by atoms with Crippen LogP contribution in [0.15, 0.2) is 60.7 Å². The van der Waals surface area contributed by atoms with Crippen molar-refractivity contribution in [3.8, 4) is 11.3 Å². The van der Waals surface area contributed by atoms with Crippen molar-refractivity contribution in [2.45, 2.75) is 45.6 Å². The van der Waals surface area contributed by atoms with Gasteiger partial charge in [-0.2, -0.15) is 0 Å². The standard InChI is InChI=1S/C26H30N4O2S/c1-25(2,3)26(15-10-16-30(26)23(27)32)22(31)29-24-28-21(19-13-8-5-9-14-19)20(33-24)17-18-11-6-4-7-12-18/h4-9,11-14H,10,15-17H2,1-3H3,(H2,27,32)(H,28,29,31). The summed E-state index contributed by atoms with van der Waals surface area (Å²) in [4.78, 5) is 33.4. The molecular formula is C26H30N4O2S. The number of nitrogens with one attached hydrogen (secondary N) is 1. The average Bonchev–Trinajstić information content (AvgIpc) is 3.40. The Morgan fingerprint density at radius 2 is 1.73 bits per heavy atom. The quantitative estimate of drug-likeness (QED) is 0.539. The number of rotatable bonds is 5. The number of urea groups is 1. The van der Waals surface area contributed by atoms with Crippen molar-refractivity contribution in [2.24, 2.45) is 11.1 Å². The summed E-state index contributed by atoms with van der Waals surface area (Å²) in [5.74, 6) is -0.231. The minimum absolute atomic E-state index is 0.231. The van der Waals surface area contributed by atoms with E-state index in [4.69, 9.17) is 10.7 Å². The highest BCUT2D eigenvalue weighted by atomic mass is 32.1. The molecule has 3 amide bonds. The number of nitrogens with zero attached hydrogens (tertiary/aromatic N) is 2. The Bertz CT molecular complexity index is 1140. The summed E-state index contributed by atoms with van der Waals surface area (Å²) in [6, 6.07) is 19.6. The molecule has 4 rings (SSSR count). The van der Waals surface area contributed by atoms with Crippen molar-refractivity contribution in [1.29, 1.82) is 0 Å². The van der Waals surface area contributed by atoms with Gasteiger partial charge in [0, 0.05) is 23.4 Å². The van der Waals surface area contributed by atoms with Crippen LogP contribution >= 0.6 is 11.3 Å². The monoisotopic (exact) mass is 462 g/mol. The summed E-state index contributed by atoms with van der Waals surface area (Å²) in [6.07, 6.45) is 2.02. The van der Waals surface area contributed by atoms with Crippen molar-refractivity contribution in [3.05, 3.63) is 71.1 Å². The van der Waals surface area contributed by atoms with Crippen LogP contribution in [0.5, 0.6) is 0 Å². The molecule has 0 saturated carbocycles. The second kappa shape index (κ2) is 8.98. The van der Waals surface area contributed by atoms with Crippen LogP contribution in [0.1, 0.15) is 44.1 Å². The van der Waals surface area contributed by atoms with E-state index in [1.165, 1.54) is 21.8 Å². The van der Waals surface area contributed by atoms with E-state index in [-0.39, 0.29) is 5.91 Å². The van der Waals surface area contributed by atoms with Gasteiger partial charge in [0.05, 0.1) is 5.69 Å². The summed E-state index contributed by atoms with van der Waals surface area (Å²) in [7, 11) is 0. The van der Waals surface area contributed by atoms with Crippen molar-refractivity contribution >= 4 is 28.4 Å². The largest absolute Gasteiger partial charge is 0.351 e. The zero-order valence-corrected chi connectivity index (χ0v) is 20.1. The van der Waals surface area contributed by atoms with E-state index in [0.29, 0.717) is 18.1 Å². The number of aromatic nitrogens is 1. The Labute approximate surface area is 198 Å². The molecule has 1 unspecified atom stereocenters. The fourth-order valence-corrected chi connectivity index (χ4v) is 5.82. The molecule has 0 radical (unpaired) electrons. The van der Waals surface area contributed by atoms with Crippen LogP contribution in [-0.2, 0) is 11.2 Å². The van der Waals surface area contributed by atoms with E-state index in [0.717, 1.165) is 29.0 Å². The number of nitrogens with two attached hydrogens (primary N) is 1. The minimum atomic E-state index is -1.02. The SMILES string of the molecule is CC(C)(C)C1(C(=O)Nc2nc(-c3ccccc3)c(Cc3ccccc3)s2)CCCN1C(N)=O. The number of amides is 3. The van der Waals surface area contributed by atoms with E-state index >= 15 is 0 Å². The first-order chi connectivity index (χ1) is 15.7.